The molecule has 1 N–H and O–H groups in total. The first-order valence-electron chi connectivity index (χ1n) is 8.68. The molecule has 1 saturated heterocycles. The maximum atomic E-state index is 12.3. The van der Waals surface area contributed by atoms with Gasteiger partial charge in [-0.2, -0.15) is 0 Å². The highest BCUT2D eigenvalue weighted by Gasteiger charge is 2.36. The second-order valence-corrected chi connectivity index (χ2v) is 6.78. The van der Waals surface area contributed by atoms with Crippen LogP contribution in [0.1, 0.15) is 17.5 Å². The highest BCUT2D eigenvalue weighted by atomic mass is 16.2. The Morgan fingerprint density at radius 3 is 2.62 bits per heavy atom. The van der Waals surface area contributed by atoms with E-state index in [1.165, 1.54) is 23.2 Å². The monoisotopic (exact) mass is 321 g/mol. The Morgan fingerprint density at radius 2 is 1.83 bits per heavy atom. The van der Waals surface area contributed by atoms with E-state index in [1.54, 1.807) is 0 Å². The van der Waals surface area contributed by atoms with E-state index in [0.29, 0.717) is 6.04 Å². The standard InChI is InChI=1S/C20H23N3O/c1-15-8-10-17(11-9-15)21-20(24)22-13-18(14-22)23-12-4-6-16-5-2-3-7-19(16)23/h2-3,5,7-11,18H,4,6,12-14H2,1H3,(H,21,24). The first kappa shape index (κ1) is 15.1. The Kier molecular flexibility index (Phi) is 3.89. The molecule has 4 heteroatoms. The van der Waals surface area contributed by atoms with Gasteiger partial charge >= 0.3 is 6.03 Å². The number of benzene rings is 2. The maximum absolute atomic E-state index is 12.3. The molecule has 2 aromatic carbocycles. The number of fused-ring (bicyclic) bond motifs is 1. The summed E-state index contributed by atoms with van der Waals surface area (Å²) in [5.41, 5.74) is 4.84. The summed E-state index contributed by atoms with van der Waals surface area (Å²) in [4.78, 5) is 16.7. The summed E-state index contributed by atoms with van der Waals surface area (Å²) in [5.74, 6) is 0. The van der Waals surface area contributed by atoms with Crippen molar-refractivity contribution in [3.63, 3.8) is 0 Å². The van der Waals surface area contributed by atoms with Gasteiger partial charge in [-0.05, 0) is 43.5 Å². The van der Waals surface area contributed by atoms with E-state index in [4.69, 9.17) is 0 Å². The first-order chi connectivity index (χ1) is 11.7. The smallest absolute Gasteiger partial charge is 0.321 e. The van der Waals surface area contributed by atoms with Crippen molar-refractivity contribution >= 4 is 17.4 Å². The van der Waals surface area contributed by atoms with Gasteiger partial charge in [-0.3, -0.25) is 0 Å². The molecular formula is C20H23N3O. The van der Waals surface area contributed by atoms with Crippen molar-refractivity contribution < 1.29 is 4.79 Å². The van der Waals surface area contributed by atoms with Gasteiger partial charge in [0.1, 0.15) is 0 Å². The fourth-order valence-electron chi connectivity index (χ4n) is 3.60. The fourth-order valence-corrected chi connectivity index (χ4v) is 3.60. The van der Waals surface area contributed by atoms with Crippen LogP contribution in [-0.2, 0) is 6.42 Å². The Balaban J connectivity index is 1.37. The van der Waals surface area contributed by atoms with Crippen LogP contribution in [0.4, 0.5) is 16.2 Å². The molecule has 0 unspecified atom stereocenters. The van der Waals surface area contributed by atoms with Gasteiger partial charge in [0.2, 0.25) is 0 Å². The summed E-state index contributed by atoms with van der Waals surface area (Å²) < 4.78 is 0. The molecule has 4 rings (SSSR count). The molecule has 2 aliphatic rings. The number of carbonyl (C=O) groups excluding carboxylic acids is 1. The Labute approximate surface area is 143 Å². The van der Waals surface area contributed by atoms with E-state index in [1.807, 2.05) is 36.1 Å². The van der Waals surface area contributed by atoms with E-state index in [0.717, 1.165) is 31.7 Å². The summed E-state index contributed by atoms with van der Waals surface area (Å²) in [6.07, 6.45) is 2.36. The minimum Gasteiger partial charge on any atom is -0.365 e. The van der Waals surface area contributed by atoms with Crippen LogP contribution in [-0.4, -0.2) is 36.6 Å². The van der Waals surface area contributed by atoms with E-state index >= 15 is 0 Å². The zero-order chi connectivity index (χ0) is 16.5. The van der Waals surface area contributed by atoms with E-state index in [-0.39, 0.29) is 6.03 Å². The number of hydrogen-bond acceptors (Lipinski definition) is 2. The van der Waals surface area contributed by atoms with Crippen LogP contribution in [0.5, 0.6) is 0 Å². The van der Waals surface area contributed by atoms with Gasteiger partial charge in [0.05, 0.1) is 6.04 Å². The summed E-state index contributed by atoms with van der Waals surface area (Å²) in [6.45, 7) is 4.73. The summed E-state index contributed by atoms with van der Waals surface area (Å²) in [7, 11) is 0. The van der Waals surface area contributed by atoms with Gasteiger partial charge in [0.25, 0.3) is 0 Å². The fraction of sp³-hybridized carbons (Fsp3) is 0.350. The first-order valence-corrected chi connectivity index (χ1v) is 8.68. The molecule has 2 heterocycles. The number of nitrogens with one attached hydrogen (secondary N) is 1. The topological polar surface area (TPSA) is 35.6 Å². The molecule has 0 bridgehead atoms. The molecule has 0 radical (unpaired) electrons. The summed E-state index contributed by atoms with van der Waals surface area (Å²) in [5, 5.41) is 2.98. The second-order valence-electron chi connectivity index (χ2n) is 6.78. The number of aryl methyl sites for hydroxylation is 2. The lowest BCUT2D eigenvalue weighted by molar-refractivity contribution is 0.160. The summed E-state index contributed by atoms with van der Waals surface area (Å²) >= 11 is 0. The van der Waals surface area contributed by atoms with E-state index < -0.39 is 0 Å². The number of amides is 2. The number of urea groups is 1. The minimum atomic E-state index is 0.000368. The van der Waals surface area contributed by atoms with Crippen LogP contribution in [0.15, 0.2) is 48.5 Å². The molecule has 0 aromatic heterocycles. The van der Waals surface area contributed by atoms with Crippen LogP contribution in [0.2, 0.25) is 0 Å². The van der Waals surface area contributed by atoms with Crippen LogP contribution in [0.3, 0.4) is 0 Å². The van der Waals surface area contributed by atoms with Crippen molar-refractivity contribution in [3.05, 3.63) is 59.7 Å². The van der Waals surface area contributed by atoms with Crippen molar-refractivity contribution in [2.75, 3.05) is 29.9 Å². The van der Waals surface area contributed by atoms with Crippen molar-refractivity contribution in [1.29, 1.82) is 0 Å². The van der Waals surface area contributed by atoms with Gasteiger partial charge in [0, 0.05) is 31.0 Å². The molecule has 1 fully saturated rings. The number of rotatable bonds is 2. The molecular weight excluding hydrogens is 298 g/mol. The SMILES string of the molecule is Cc1ccc(NC(=O)N2CC(N3CCCc4ccccc43)C2)cc1. The quantitative estimate of drug-likeness (QED) is 0.916. The average molecular weight is 321 g/mol. The lowest BCUT2D eigenvalue weighted by Crippen LogP contribution is -2.62. The number of anilines is 2. The predicted molar refractivity (Wildman–Crippen MR) is 97.7 cm³/mol. The van der Waals surface area contributed by atoms with Crippen LogP contribution in [0, 0.1) is 6.92 Å². The van der Waals surface area contributed by atoms with Crippen LogP contribution < -0.4 is 10.2 Å². The van der Waals surface area contributed by atoms with Gasteiger partial charge in [-0.25, -0.2) is 4.79 Å². The maximum Gasteiger partial charge on any atom is 0.321 e. The normalized spacial score (nSPS) is 17.2. The molecule has 24 heavy (non-hydrogen) atoms. The third kappa shape index (κ3) is 2.84. The van der Waals surface area contributed by atoms with Crippen molar-refractivity contribution in [3.8, 4) is 0 Å². The van der Waals surface area contributed by atoms with Gasteiger partial charge in [-0.1, -0.05) is 35.9 Å². The van der Waals surface area contributed by atoms with Crippen LogP contribution in [0.25, 0.3) is 0 Å². The molecule has 124 valence electrons. The average Bonchev–Trinajstić information content (AvgIpc) is 2.56. The molecule has 0 spiro atoms. The highest BCUT2D eigenvalue weighted by molar-refractivity contribution is 5.90. The second kappa shape index (κ2) is 6.19. The number of nitrogens with zero attached hydrogens (tertiary/aromatic N) is 2. The number of carbonyl (C=O) groups is 1. The Hall–Kier alpha value is -2.49. The lowest BCUT2D eigenvalue weighted by Gasteiger charge is -2.48. The number of likely N-dealkylation sites (tertiary alicyclic amines) is 1. The molecule has 0 atom stereocenters. The molecule has 4 nitrogen and oxygen atoms in total. The Bertz CT molecular complexity index is 735. The van der Waals surface area contributed by atoms with E-state index in [2.05, 4.69) is 34.5 Å². The minimum absolute atomic E-state index is 0.000368. The van der Waals surface area contributed by atoms with Gasteiger partial charge in [0.15, 0.2) is 0 Å². The molecule has 2 aliphatic heterocycles. The van der Waals surface area contributed by atoms with Crippen LogP contribution >= 0.6 is 0 Å². The van der Waals surface area contributed by atoms with Crippen molar-refractivity contribution in [2.24, 2.45) is 0 Å². The highest BCUT2D eigenvalue weighted by Crippen LogP contribution is 2.31. The molecule has 0 saturated carbocycles. The zero-order valence-corrected chi connectivity index (χ0v) is 14.0. The third-order valence-corrected chi connectivity index (χ3v) is 5.04. The summed E-state index contributed by atoms with van der Waals surface area (Å²) in [6, 6.07) is 17.0. The zero-order valence-electron chi connectivity index (χ0n) is 14.0. The van der Waals surface area contributed by atoms with Gasteiger partial charge < -0.3 is 15.1 Å². The molecule has 2 amide bonds. The third-order valence-electron chi connectivity index (χ3n) is 5.04. The largest absolute Gasteiger partial charge is 0.365 e. The Morgan fingerprint density at radius 1 is 1.08 bits per heavy atom. The van der Waals surface area contributed by atoms with Crippen molar-refractivity contribution in [1.82, 2.24) is 4.90 Å². The number of para-hydroxylation sites is 1. The molecule has 0 aliphatic carbocycles. The van der Waals surface area contributed by atoms with Crippen molar-refractivity contribution in [2.45, 2.75) is 25.8 Å². The van der Waals surface area contributed by atoms with E-state index in [9.17, 15) is 4.79 Å². The van der Waals surface area contributed by atoms with Gasteiger partial charge in [-0.15, -0.1) is 0 Å². The number of hydrogen-bond donors (Lipinski definition) is 1. The predicted octanol–water partition coefficient (Wildman–Crippen LogP) is 3.66. The molecule has 2 aromatic rings. The lowest BCUT2D eigenvalue weighted by atomic mass is 9.97.